The van der Waals surface area contributed by atoms with Gasteiger partial charge in [0.25, 0.3) is 23.2 Å². The van der Waals surface area contributed by atoms with Crippen molar-refractivity contribution in [2.45, 2.75) is 27.7 Å². The predicted molar refractivity (Wildman–Crippen MR) is 115 cm³/mol. The summed E-state index contributed by atoms with van der Waals surface area (Å²) in [7, 11) is 0. The molecule has 11 nitrogen and oxygen atoms in total. The van der Waals surface area contributed by atoms with Gasteiger partial charge in [0.15, 0.2) is 0 Å². The Bertz CT molecular complexity index is 1290. The quantitative estimate of drug-likeness (QED) is 0.470. The summed E-state index contributed by atoms with van der Waals surface area (Å²) >= 11 is 0. The van der Waals surface area contributed by atoms with E-state index >= 15 is 0 Å². The number of aromatic nitrogens is 2. The summed E-state index contributed by atoms with van der Waals surface area (Å²) in [5.74, 6) is -1.17. The molecule has 1 aromatic heterocycles. The molecule has 2 aromatic carbocycles. The number of nitro groups is 2. The van der Waals surface area contributed by atoms with Crippen molar-refractivity contribution in [2.75, 3.05) is 5.32 Å². The van der Waals surface area contributed by atoms with E-state index < -0.39 is 21.7 Å². The minimum Gasteiger partial charge on any atom is -0.319 e. The van der Waals surface area contributed by atoms with Gasteiger partial charge in [-0.15, -0.1) is 0 Å². The molecule has 0 radical (unpaired) electrons. The van der Waals surface area contributed by atoms with Gasteiger partial charge in [0.2, 0.25) is 0 Å². The monoisotopic (exact) mass is 437 g/mol. The van der Waals surface area contributed by atoms with E-state index in [1.54, 1.807) is 13.8 Å². The van der Waals surface area contributed by atoms with Gasteiger partial charge in [0, 0.05) is 28.8 Å². The van der Waals surface area contributed by atoms with Gasteiger partial charge in [-0.25, -0.2) is 0 Å². The highest BCUT2D eigenvalue weighted by Gasteiger charge is 2.25. The largest absolute Gasteiger partial charge is 0.319 e. The first-order chi connectivity index (χ1) is 15.0. The molecule has 32 heavy (non-hydrogen) atoms. The highest BCUT2D eigenvalue weighted by Crippen LogP contribution is 2.27. The van der Waals surface area contributed by atoms with Crippen LogP contribution in [-0.2, 0) is 0 Å². The summed E-state index contributed by atoms with van der Waals surface area (Å²) in [5.41, 5.74) is 1.20. The van der Waals surface area contributed by atoms with Gasteiger partial charge in [-0.1, -0.05) is 12.1 Å². The van der Waals surface area contributed by atoms with Crippen LogP contribution in [-0.4, -0.2) is 31.4 Å². The van der Waals surface area contributed by atoms with E-state index in [2.05, 4.69) is 10.4 Å². The van der Waals surface area contributed by atoms with Crippen LogP contribution in [0.5, 0.6) is 0 Å². The van der Waals surface area contributed by atoms with Crippen LogP contribution in [0.1, 0.15) is 43.2 Å². The molecule has 0 saturated carbocycles. The maximum absolute atomic E-state index is 13.0. The van der Waals surface area contributed by atoms with Crippen LogP contribution in [0.25, 0.3) is 0 Å². The van der Waals surface area contributed by atoms with Crippen LogP contribution in [0, 0.1) is 47.9 Å². The molecule has 1 amide bonds. The second-order valence-corrected chi connectivity index (χ2v) is 7.13. The molecule has 164 valence electrons. The van der Waals surface area contributed by atoms with Gasteiger partial charge in [0.1, 0.15) is 0 Å². The first-order valence-electron chi connectivity index (χ1n) is 9.44. The first kappa shape index (κ1) is 22.3. The maximum atomic E-state index is 13.0. The molecule has 0 spiro atoms. The van der Waals surface area contributed by atoms with E-state index in [0.717, 1.165) is 4.68 Å². The lowest BCUT2D eigenvalue weighted by molar-refractivity contribution is -0.385. The molecule has 0 bridgehead atoms. The summed E-state index contributed by atoms with van der Waals surface area (Å²) in [6.07, 6.45) is 0. The minimum atomic E-state index is -0.587. The van der Waals surface area contributed by atoms with Gasteiger partial charge in [-0.2, -0.15) is 9.78 Å². The third kappa shape index (κ3) is 3.83. The van der Waals surface area contributed by atoms with Crippen molar-refractivity contribution >= 4 is 28.9 Å². The lowest BCUT2D eigenvalue weighted by Gasteiger charge is -2.09. The van der Waals surface area contributed by atoms with Gasteiger partial charge in [-0.05, 0) is 39.8 Å². The Morgan fingerprint density at radius 2 is 1.38 bits per heavy atom. The average molecular weight is 437 g/mol. The zero-order valence-corrected chi connectivity index (χ0v) is 17.7. The normalized spacial score (nSPS) is 10.6. The summed E-state index contributed by atoms with van der Waals surface area (Å²) in [4.78, 5) is 47.1. The summed E-state index contributed by atoms with van der Waals surface area (Å²) < 4.78 is 1.07. The molecule has 11 heteroatoms. The summed E-state index contributed by atoms with van der Waals surface area (Å²) in [5, 5.41) is 29.2. The number of hydrogen-bond acceptors (Lipinski definition) is 7. The second kappa shape index (κ2) is 8.38. The Kier molecular flexibility index (Phi) is 5.83. The van der Waals surface area contributed by atoms with Crippen LogP contribution in [0.2, 0.25) is 0 Å². The Labute approximate surface area is 182 Å². The first-order valence-corrected chi connectivity index (χ1v) is 9.44. The fourth-order valence-corrected chi connectivity index (χ4v) is 3.44. The SMILES string of the molecule is Cc1nn(C(=O)c2cccc([N+](=O)[O-])c2C)c(C)c1NC(=O)c1cccc([N+](=O)[O-])c1C. The van der Waals surface area contributed by atoms with Crippen LogP contribution in [0.4, 0.5) is 17.1 Å². The predicted octanol–water partition coefficient (Wildman–Crippen LogP) is 3.87. The van der Waals surface area contributed by atoms with E-state index in [1.165, 1.54) is 50.2 Å². The zero-order valence-electron chi connectivity index (χ0n) is 17.7. The molecule has 1 N–H and O–H groups in total. The third-order valence-corrected chi connectivity index (χ3v) is 5.20. The number of carbonyl (C=O) groups is 2. The molecule has 0 aliphatic carbocycles. The van der Waals surface area contributed by atoms with Crippen LogP contribution in [0.3, 0.4) is 0 Å². The number of carbonyl (C=O) groups excluding carboxylic acids is 2. The number of amides is 1. The fraction of sp³-hybridized carbons (Fsp3) is 0.190. The highest BCUT2D eigenvalue weighted by atomic mass is 16.6. The average Bonchev–Trinajstić information content (AvgIpc) is 3.01. The minimum absolute atomic E-state index is 0.109. The number of benzene rings is 2. The van der Waals surface area contributed by atoms with Crippen molar-refractivity contribution < 1.29 is 19.4 Å². The van der Waals surface area contributed by atoms with Crippen LogP contribution in [0.15, 0.2) is 36.4 Å². The number of nitrogens with zero attached hydrogens (tertiary/aromatic N) is 4. The molecule has 1 heterocycles. The molecule has 0 saturated heterocycles. The molecule has 3 aromatic rings. The number of anilines is 1. The topological polar surface area (TPSA) is 150 Å². The molecule has 0 fully saturated rings. The van der Waals surface area contributed by atoms with Crippen molar-refractivity contribution in [3.8, 4) is 0 Å². The van der Waals surface area contributed by atoms with E-state index in [9.17, 15) is 29.8 Å². The third-order valence-electron chi connectivity index (χ3n) is 5.20. The standard InChI is InChI=1S/C21H19N5O6/c1-11-15(7-5-9-17(11)25(29)30)20(27)22-19-13(3)23-24(14(19)4)21(28)16-8-6-10-18(12(16)2)26(31)32/h5-10H,1-4H3,(H,22,27). The van der Waals surface area contributed by atoms with Gasteiger partial charge in [-0.3, -0.25) is 29.8 Å². The molecular formula is C21H19N5O6. The molecular weight excluding hydrogens is 418 g/mol. The molecule has 0 aliphatic heterocycles. The van der Waals surface area contributed by atoms with Crippen LogP contribution < -0.4 is 5.32 Å². The van der Waals surface area contributed by atoms with Crippen molar-refractivity contribution in [3.05, 3.63) is 90.3 Å². The van der Waals surface area contributed by atoms with Crippen molar-refractivity contribution in [2.24, 2.45) is 0 Å². The van der Waals surface area contributed by atoms with Gasteiger partial charge < -0.3 is 5.32 Å². The molecule has 3 rings (SSSR count). The number of nitro benzene ring substituents is 2. The molecule has 0 aliphatic rings. The van der Waals surface area contributed by atoms with E-state index in [0.29, 0.717) is 11.4 Å². The maximum Gasteiger partial charge on any atom is 0.278 e. The number of hydrogen-bond donors (Lipinski definition) is 1. The number of nitrogens with one attached hydrogen (secondary N) is 1. The Balaban J connectivity index is 1.98. The van der Waals surface area contributed by atoms with Crippen molar-refractivity contribution in [3.63, 3.8) is 0 Å². The van der Waals surface area contributed by atoms with Crippen molar-refractivity contribution in [1.29, 1.82) is 0 Å². The van der Waals surface area contributed by atoms with Gasteiger partial charge >= 0.3 is 0 Å². The van der Waals surface area contributed by atoms with Crippen LogP contribution >= 0.6 is 0 Å². The van der Waals surface area contributed by atoms with Gasteiger partial charge in [0.05, 0.1) is 32.5 Å². The number of aryl methyl sites for hydroxylation is 1. The fourth-order valence-electron chi connectivity index (χ4n) is 3.44. The summed E-state index contributed by atoms with van der Waals surface area (Å²) in [6.45, 7) is 6.11. The Morgan fingerprint density at radius 1 is 0.875 bits per heavy atom. The Morgan fingerprint density at radius 3 is 1.91 bits per heavy atom. The Hall–Kier alpha value is -4.41. The van der Waals surface area contributed by atoms with Crippen molar-refractivity contribution in [1.82, 2.24) is 9.78 Å². The molecule has 0 atom stereocenters. The van der Waals surface area contributed by atoms with E-state index in [1.807, 2.05) is 0 Å². The highest BCUT2D eigenvalue weighted by molar-refractivity contribution is 6.07. The lowest BCUT2D eigenvalue weighted by atomic mass is 10.1. The molecule has 0 unspecified atom stereocenters. The number of rotatable bonds is 5. The van der Waals surface area contributed by atoms with E-state index in [4.69, 9.17) is 0 Å². The zero-order chi connectivity index (χ0) is 23.7. The smallest absolute Gasteiger partial charge is 0.278 e. The summed E-state index contributed by atoms with van der Waals surface area (Å²) in [6, 6.07) is 8.37. The van der Waals surface area contributed by atoms with E-state index in [-0.39, 0.29) is 39.3 Å². The lowest BCUT2D eigenvalue weighted by Crippen LogP contribution is -2.18. The second-order valence-electron chi connectivity index (χ2n) is 7.13.